The molecule has 110 valence electrons. The number of carbonyl (C=O) groups is 1. The second-order valence-electron chi connectivity index (χ2n) is 5.87. The smallest absolute Gasteiger partial charge is 0.223 e. The highest BCUT2D eigenvalue weighted by Crippen LogP contribution is 2.30. The Balaban J connectivity index is 2.04. The number of aliphatic hydroxyl groups excluding tert-OH is 1. The van der Waals surface area contributed by atoms with Crippen molar-refractivity contribution in [1.29, 1.82) is 0 Å². The first-order valence-electron chi connectivity index (χ1n) is 7.23. The number of amides is 1. The first-order chi connectivity index (χ1) is 9.47. The Labute approximate surface area is 119 Å². The van der Waals surface area contributed by atoms with Crippen LogP contribution in [0.3, 0.4) is 0 Å². The highest BCUT2D eigenvalue weighted by molar-refractivity contribution is 5.77. The maximum absolute atomic E-state index is 13.4. The third-order valence-corrected chi connectivity index (χ3v) is 3.92. The normalized spacial score (nSPS) is 19.6. The van der Waals surface area contributed by atoms with Crippen LogP contribution in [0, 0.1) is 11.7 Å². The van der Waals surface area contributed by atoms with Crippen molar-refractivity contribution >= 4 is 5.91 Å². The SMILES string of the molecule is CC(C)[C@H](O)CC(=O)N[C@@H]1CCCc2ccc(F)cc21. The lowest BCUT2D eigenvalue weighted by molar-refractivity contribution is -0.124. The number of hydrogen-bond acceptors (Lipinski definition) is 2. The summed E-state index contributed by atoms with van der Waals surface area (Å²) in [7, 11) is 0. The van der Waals surface area contributed by atoms with Gasteiger partial charge in [-0.05, 0) is 48.4 Å². The molecule has 1 aliphatic carbocycles. The Morgan fingerprint density at radius 3 is 2.95 bits per heavy atom. The minimum atomic E-state index is -0.634. The summed E-state index contributed by atoms with van der Waals surface area (Å²) in [6, 6.07) is 4.64. The van der Waals surface area contributed by atoms with E-state index in [-0.39, 0.29) is 30.1 Å². The van der Waals surface area contributed by atoms with Crippen molar-refractivity contribution < 1.29 is 14.3 Å². The number of aliphatic hydroxyl groups is 1. The summed E-state index contributed by atoms with van der Waals surface area (Å²) < 4.78 is 13.4. The quantitative estimate of drug-likeness (QED) is 0.890. The second-order valence-corrected chi connectivity index (χ2v) is 5.87. The van der Waals surface area contributed by atoms with E-state index in [0.717, 1.165) is 30.4 Å². The van der Waals surface area contributed by atoms with Gasteiger partial charge in [0.15, 0.2) is 0 Å². The molecular formula is C16H22FNO2. The molecule has 1 aromatic carbocycles. The van der Waals surface area contributed by atoms with Gasteiger partial charge in [0.05, 0.1) is 18.6 Å². The van der Waals surface area contributed by atoms with Gasteiger partial charge in [0.2, 0.25) is 5.91 Å². The van der Waals surface area contributed by atoms with E-state index in [1.165, 1.54) is 12.1 Å². The van der Waals surface area contributed by atoms with Crippen LogP contribution in [0.15, 0.2) is 18.2 Å². The molecule has 0 saturated heterocycles. The van der Waals surface area contributed by atoms with Crippen LogP contribution in [-0.4, -0.2) is 17.1 Å². The van der Waals surface area contributed by atoms with Crippen molar-refractivity contribution in [3.63, 3.8) is 0 Å². The van der Waals surface area contributed by atoms with Crippen molar-refractivity contribution in [1.82, 2.24) is 5.32 Å². The molecule has 0 fully saturated rings. The standard InChI is InChI=1S/C16H22FNO2/c1-10(2)15(19)9-16(20)18-14-5-3-4-11-6-7-12(17)8-13(11)14/h6-8,10,14-15,19H,3-5,9H2,1-2H3,(H,18,20)/t14-,15-/m1/s1. The summed E-state index contributed by atoms with van der Waals surface area (Å²) in [6.45, 7) is 3.76. The van der Waals surface area contributed by atoms with Gasteiger partial charge in [0.25, 0.3) is 0 Å². The van der Waals surface area contributed by atoms with Gasteiger partial charge in [0.1, 0.15) is 5.82 Å². The highest BCUT2D eigenvalue weighted by Gasteiger charge is 2.23. The lowest BCUT2D eigenvalue weighted by Gasteiger charge is -2.27. The fourth-order valence-electron chi connectivity index (χ4n) is 2.60. The predicted octanol–water partition coefficient (Wildman–Crippen LogP) is 2.73. The van der Waals surface area contributed by atoms with E-state index in [1.54, 1.807) is 6.07 Å². The predicted molar refractivity (Wildman–Crippen MR) is 75.7 cm³/mol. The van der Waals surface area contributed by atoms with E-state index >= 15 is 0 Å². The Bertz CT molecular complexity index is 487. The molecule has 0 unspecified atom stereocenters. The number of rotatable bonds is 4. The summed E-state index contributed by atoms with van der Waals surface area (Å²) in [5.74, 6) is -0.391. The van der Waals surface area contributed by atoms with Gasteiger partial charge < -0.3 is 10.4 Å². The van der Waals surface area contributed by atoms with E-state index in [9.17, 15) is 14.3 Å². The van der Waals surface area contributed by atoms with E-state index in [4.69, 9.17) is 0 Å². The number of carbonyl (C=O) groups excluding carboxylic acids is 1. The number of nitrogens with one attached hydrogen (secondary N) is 1. The zero-order valence-corrected chi connectivity index (χ0v) is 12.0. The van der Waals surface area contributed by atoms with Crippen LogP contribution in [0.4, 0.5) is 4.39 Å². The molecule has 4 heteroatoms. The fraction of sp³-hybridized carbons (Fsp3) is 0.562. The van der Waals surface area contributed by atoms with Gasteiger partial charge >= 0.3 is 0 Å². The molecule has 2 rings (SSSR count). The van der Waals surface area contributed by atoms with Gasteiger partial charge in [0, 0.05) is 0 Å². The number of halogens is 1. The highest BCUT2D eigenvalue weighted by atomic mass is 19.1. The number of aryl methyl sites for hydroxylation is 1. The van der Waals surface area contributed by atoms with Gasteiger partial charge in [-0.2, -0.15) is 0 Å². The average Bonchev–Trinajstić information content (AvgIpc) is 2.39. The summed E-state index contributed by atoms with van der Waals surface area (Å²) >= 11 is 0. The summed E-state index contributed by atoms with van der Waals surface area (Å²) in [4.78, 5) is 12.0. The van der Waals surface area contributed by atoms with Gasteiger partial charge in [-0.15, -0.1) is 0 Å². The molecule has 0 heterocycles. The molecule has 0 aliphatic heterocycles. The van der Waals surface area contributed by atoms with E-state index in [2.05, 4.69) is 5.32 Å². The van der Waals surface area contributed by atoms with Crippen molar-refractivity contribution in [2.45, 2.75) is 51.7 Å². The minimum Gasteiger partial charge on any atom is -0.392 e. The molecule has 1 aromatic rings. The van der Waals surface area contributed by atoms with E-state index < -0.39 is 6.10 Å². The molecular weight excluding hydrogens is 257 g/mol. The molecule has 0 spiro atoms. The number of benzene rings is 1. The molecule has 0 saturated carbocycles. The topological polar surface area (TPSA) is 49.3 Å². The van der Waals surface area contributed by atoms with Crippen LogP contribution in [0.5, 0.6) is 0 Å². The molecule has 3 nitrogen and oxygen atoms in total. The Morgan fingerprint density at radius 2 is 2.25 bits per heavy atom. The molecule has 0 radical (unpaired) electrons. The van der Waals surface area contributed by atoms with Crippen molar-refractivity contribution in [2.75, 3.05) is 0 Å². The van der Waals surface area contributed by atoms with E-state index in [1.807, 2.05) is 13.8 Å². The fourth-order valence-corrected chi connectivity index (χ4v) is 2.60. The monoisotopic (exact) mass is 279 g/mol. The molecule has 20 heavy (non-hydrogen) atoms. The van der Waals surface area contributed by atoms with Crippen LogP contribution in [0.2, 0.25) is 0 Å². The lowest BCUT2D eigenvalue weighted by Crippen LogP contribution is -2.34. The number of hydrogen-bond donors (Lipinski definition) is 2. The largest absolute Gasteiger partial charge is 0.392 e. The lowest BCUT2D eigenvalue weighted by atomic mass is 9.87. The molecule has 2 N–H and O–H groups in total. The van der Waals surface area contributed by atoms with Crippen LogP contribution in [0.25, 0.3) is 0 Å². The van der Waals surface area contributed by atoms with Gasteiger partial charge in [-0.25, -0.2) is 4.39 Å². The first kappa shape index (κ1) is 15.0. The Hall–Kier alpha value is -1.42. The minimum absolute atomic E-state index is 0.0526. The summed E-state index contributed by atoms with van der Waals surface area (Å²) in [6.07, 6.45) is 2.19. The zero-order valence-electron chi connectivity index (χ0n) is 12.0. The third kappa shape index (κ3) is 3.57. The molecule has 2 atom stereocenters. The zero-order chi connectivity index (χ0) is 14.7. The molecule has 1 aliphatic rings. The van der Waals surface area contributed by atoms with Crippen molar-refractivity contribution in [3.05, 3.63) is 35.1 Å². The van der Waals surface area contributed by atoms with Crippen LogP contribution >= 0.6 is 0 Å². The summed E-state index contributed by atoms with van der Waals surface area (Å²) in [5.41, 5.74) is 1.98. The van der Waals surface area contributed by atoms with Crippen LogP contribution in [0.1, 0.15) is 50.3 Å². The maximum atomic E-state index is 13.4. The van der Waals surface area contributed by atoms with Crippen LogP contribution in [-0.2, 0) is 11.2 Å². The number of fused-ring (bicyclic) bond motifs is 1. The molecule has 0 bridgehead atoms. The maximum Gasteiger partial charge on any atom is 0.223 e. The van der Waals surface area contributed by atoms with E-state index in [0.29, 0.717) is 0 Å². The molecule has 0 aromatic heterocycles. The Morgan fingerprint density at radius 1 is 1.50 bits per heavy atom. The molecule has 1 amide bonds. The third-order valence-electron chi connectivity index (χ3n) is 3.92. The Kier molecular flexibility index (Phi) is 4.76. The van der Waals surface area contributed by atoms with Crippen molar-refractivity contribution in [2.24, 2.45) is 5.92 Å². The second kappa shape index (κ2) is 6.35. The van der Waals surface area contributed by atoms with Gasteiger partial charge in [-0.1, -0.05) is 19.9 Å². The first-order valence-corrected chi connectivity index (χ1v) is 7.23. The van der Waals surface area contributed by atoms with Crippen LogP contribution < -0.4 is 5.32 Å². The summed E-state index contributed by atoms with van der Waals surface area (Å²) in [5, 5.41) is 12.7. The average molecular weight is 279 g/mol. The van der Waals surface area contributed by atoms with Crippen molar-refractivity contribution in [3.8, 4) is 0 Å². The van der Waals surface area contributed by atoms with Gasteiger partial charge in [-0.3, -0.25) is 4.79 Å².